The first-order chi connectivity index (χ1) is 9.01. The normalized spacial score (nSPS) is 14.7. The molecule has 0 bridgehead atoms. The molecule has 0 spiro atoms. The maximum absolute atomic E-state index is 9.13. The van der Waals surface area contributed by atoms with Gasteiger partial charge >= 0.3 is 0 Å². The Morgan fingerprint density at radius 3 is 2.63 bits per heavy atom. The molecule has 0 aliphatic rings. The number of halogens is 2. The van der Waals surface area contributed by atoms with Gasteiger partial charge in [0, 0.05) is 18.6 Å². The molecule has 5 heteroatoms. The van der Waals surface area contributed by atoms with E-state index in [4.69, 9.17) is 28.3 Å². The summed E-state index contributed by atoms with van der Waals surface area (Å²) < 4.78 is 0. The third-order valence-corrected chi connectivity index (χ3v) is 4.33. The monoisotopic (exact) mass is 304 g/mol. The molecule has 108 valence electrons. The molecule has 3 nitrogen and oxygen atoms in total. The summed E-state index contributed by atoms with van der Waals surface area (Å²) in [6.45, 7) is 3.04. The van der Waals surface area contributed by atoms with Gasteiger partial charge in [-0.3, -0.25) is 0 Å². The van der Waals surface area contributed by atoms with Crippen LogP contribution in [0.4, 0.5) is 0 Å². The minimum Gasteiger partial charge on any atom is -0.395 e. The summed E-state index contributed by atoms with van der Waals surface area (Å²) in [5.74, 6) is 0. The van der Waals surface area contributed by atoms with Gasteiger partial charge in [-0.05, 0) is 39.1 Å². The Hall–Kier alpha value is -0.320. The van der Waals surface area contributed by atoms with Crippen molar-refractivity contribution in [2.45, 2.75) is 25.4 Å². The maximum Gasteiger partial charge on any atom is 0.0640 e. The summed E-state index contributed by atoms with van der Waals surface area (Å²) >= 11 is 12.3. The fraction of sp³-hybridized carbons (Fsp3) is 0.571. The average Bonchev–Trinajstić information content (AvgIpc) is 2.42. The number of likely N-dealkylation sites (N-methyl/N-ethyl adjacent to an activating group) is 1. The lowest BCUT2D eigenvalue weighted by Gasteiger charge is -2.26. The van der Waals surface area contributed by atoms with Crippen LogP contribution in [0.2, 0.25) is 10.0 Å². The van der Waals surface area contributed by atoms with Crippen LogP contribution in [0.1, 0.15) is 24.9 Å². The van der Waals surface area contributed by atoms with E-state index < -0.39 is 0 Å². The molecule has 0 saturated carbocycles. The zero-order valence-electron chi connectivity index (χ0n) is 11.7. The SMILES string of the molecule is CNC(CCN(C)C(C)CO)c1cccc(Cl)c1Cl. The van der Waals surface area contributed by atoms with Crippen molar-refractivity contribution in [1.29, 1.82) is 0 Å². The van der Waals surface area contributed by atoms with Crippen molar-refractivity contribution in [1.82, 2.24) is 10.2 Å². The minimum atomic E-state index is 0.152. The van der Waals surface area contributed by atoms with Gasteiger partial charge in [0.15, 0.2) is 0 Å². The first kappa shape index (κ1) is 16.7. The van der Waals surface area contributed by atoms with Crippen LogP contribution in [0.15, 0.2) is 18.2 Å². The van der Waals surface area contributed by atoms with E-state index in [1.165, 1.54) is 0 Å². The largest absolute Gasteiger partial charge is 0.395 e. The van der Waals surface area contributed by atoms with E-state index >= 15 is 0 Å². The van der Waals surface area contributed by atoms with Gasteiger partial charge < -0.3 is 15.3 Å². The number of aliphatic hydroxyl groups excluding tert-OH is 1. The van der Waals surface area contributed by atoms with Gasteiger partial charge in [0.25, 0.3) is 0 Å². The van der Waals surface area contributed by atoms with Crippen molar-refractivity contribution in [3.63, 3.8) is 0 Å². The van der Waals surface area contributed by atoms with Crippen molar-refractivity contribution in [3.05, 3.63) is 33.8 Å². The molecular formula is C14H22Cl2N2O. The van der Waals surface area contributed by atoms with Crippen LogP contribution in [0.5, 0.6) is 0 Å². The number of nitrogens with zero attached hydrogens (tertiary/aromatic N) is 1. The molecule has 0 fully saturated rings. The predicted molar refractivity (Wildman–Crippen MR) is 82.1 cm³/mol. The van der Waals surface area contributed by atoms with E-state index in [1.807, 2.05) is 33.2 Å². The highest BCUT2D eigenvalue weighted by atomic mass is 35.5. The molecule has 2 atom stereocenters. The molecular weight excluding hydrogens is 283 g/mol. The second kappa shape index (κ2) is 8.08. The summed E-state index contributed by atoms with van der Waals surface area (Å²) in [6.07, 6.45) is 0.900. The van der Waals surface area contributed by atoms with Gasteiger partial charge in [0.1, 0.15) is 0 Å². The summed E-state index contributed by atoms with van der Waals surface area (Å²) in [4.78, 5) is 2.13. The maximum atomic E-state index is 9.13. The molecule has 2 unspecified atom stereocenters. The lowest BCUT2D eigenvalue weighted by atomic mass is 10.0. The Balaban J connectivity index is 2.71. The van der Waals surface area contributed by atoms with Gasteiger partial charge in [-0.25, -0.2) is 0 Å². The highest BCUT2D eigenvalue weighted by molar-refractivity contribution is 6.42. The van der Waals surface area contributed by atoms with Crippen LogP contribution in [0, 0.1) is 0 Å². The Morgan fingerprint density at radius 1 is 1.37 bits per heavy atom. The van der Waals surface area contributed by atoms with Crippen LogP contribution < -0.4 is 5.32 Å². The number of rotatable bonds is 7. The molecule has 0 saturated heterocycles. The Labute approximate surface area is 125 Å². The van der Waals surface area contributed by atoms with Crippen molar-refractivity contribution in [2.75, 3.05) is 27.2 Å². The van der Waals surface area contributed by atoms with Gasteiger partial charge in [-0.15, -0.1) is 0 Å². The molecule has 0 aliphatic carbocycles. The first-order valence-electron chi connectivity index (χ1n) is 6.43. The van der Waals surface area contributed by atoms with Gasteiger partial charge in [-0.1, -0.05) is 35.3 Å². The minimum absolute atomic E-state index is 0.152. The Bertz CT molecular complexity index is 401. The van der Waals surface area contributed by atoms with Crippen LogP contribution in [-0.2, 0) is 0 Å². The standard InChI is InChI=1S/C14H22Cl2N2O/c1-10(9-19)18(3)8-7-13(17-2)11-5-4-6-12(15)14(11)16/h4-6,10,13,17,19H,7-9H2,1-3H3. The molecule has 0 amide bonds. The van der Waals surface area contributed by atoms with E-state index in [1.54, 1.807) is 6.07 Å². The average molecular weight is 305 g/mol. The molecule has 0 heterocycles. The zero-order chi connectivity index (χ0) is 14.4. The topological polar surface area (TPSA) is 35.5 Å². The quantitative estimate of drug-likeness (QED) is 0.813. The number of benzene rings is 1. The Kier molecular flexibility index (Phi) is 7.11. The molecule has 1 aromatic carbocycles. The summed E-state index contributed by atoms with van der Waals surface area (Å²) in [6, 6.07) is 6.01. The fourth-order valence-corrected chi connectivity index (χ4v) is 2.38. The predicted octanol–water partition coefficient (Wildman–Crippen LogP) is 2.96. The highest BCUT2D eigenvalue weighted by Gasteiger charge is 2.16. The van der Waals surface area contributed by atoms with Gasteiger partial charge in [0.2, 0.25) is 0 Å². The number of nitrogens with one attached hydrogen (secondary N) is 1. The first-order valence-corrected chi connectivity index (χ1v) is 7.19. The van der Waals surface area contributed by atoms with Gasteiger partial charge in [-0.2, -0.15) is 0 Å². The van der Waals surface area contributed by atoms with Crippen molar-refractivity contribution in [3.8, 4) is 0 Å². The zero-order valence-corrected chi connectivity index (χ0v) is 13.2. The van der Waals surface area contributed by atoms with Crippen LogP contribution in [0.25, 0.3) is 0 Å². The second-order valence-corrected chi connectivity index (χ2v) is 5.57. The third kappa shape index (κ3) is 4.62. The van der Waals surface area contributed by atoms with Gasteiger partial charge in [0.05, 0.1) is 16.7 Å². The summed E-state index contributed by atoms with van der Waals surface area (Å²) in [5, 5.41) is 13.6. The Morgan fingerprint density at radius 2 is 2.05 bits per heavy atom. The fourth-order valence-electron chi connectivity index (χ4n) is 1.94. The van der Waals surface area contributed by atoms with Crippen molar-refractivity contribution in [2.24, 2.45) is 0 Å². The van der Waals surface area contributed by atoms with E-state index in [0.29, 0.717) is 10.0 Å². The third-order valence-electron chi connectivity index (χ3n) is 3.49. The lowest BCUT2D eigenvalue weighted by Crippen LogP contribution is -2.34. The molecule has 0 aliphatic heterocycles. The summed E-state index contributed by atoms with van der Waals surface area (Å²) in [7, 11) is 3.92. The van der Waals surface area contributed by atoms with Crippen LogP contribution >= 0.6 is 23.2 Å². The van der Waals surface area contributed by atoms with Crippen LogP contribution in [0.3, 0.4) is 0 Å². The number of hydrogen-bond acceptors (Lipinski definition) is 3. The smallest absolute Gasteiger partial charge is 0.0640 e. The molecule has 1 aromatic rings. The van der Waals surface area contributed by atoms with E-state index in [-0.39, 0.29) is 18.7 Å². The molecule has 0 aromatic heterocycles. The second-order valence-electron chi connectivity index (χ2n) is 4.79. The van der Waals surface area contributed by atoms with Crippen molar-refractivity contribution < 1.29 is 5.11 Å². The van der Waals surface area contributed by atoms with E-state index in [2.05, 4.69) is 10.2 Å². The molecule has 2 N–H and O–H groups in total. The molecule has 0 radical (unpaired) electrons. The molecule has 1 rings (SSSR count). The highest BCUT2D eigenvalue weighted by Crippen LogP contribution is 2.31. The number of aliphatic hydroxyl groups is 1. The number of hydrogen-bond donors (Lipinski definition) is 2. The van der Waals surface area contributed by atoms with E-state index in [9.17, 15) is 0 Å². The van der Waals surface area contributed by atoms with E-state index in [0.717, 1.165) is 18.5 Å². The lowest BCUT2D eigenvalue weighted by molar-refractivity contribution is 0.154. The van der Waals surface area contributed by atoms with Crippen molar-refractivity contribution >= 4 is 23.2 Å². The summed E-state index contributed by atoms with van der Waals surface area (Å²) in [5.41, 5.74) is 1.02. The van der Waals surface area contributed by atoms with Crippen LogP contribution in [-0.4, -0.2) is 43.3 Å². The molecule has 19 heavy (non-hydrogen) atoms.